The van der Waals surface area contributed by atoms with Crippen molar-refractivity contribution in [2.75, 3.05) is 32.8 Å². The van der Waals surface area contributed by atoms with Crippen LogP contribution in [0.3, 0.4) is 0 Å². The number of likely N-dealkylation sites (tertiary alicyclic amines) is 2. The van der Waals surface area contributed by atoms with E-state index in [1.165, 1.54) is 19.3 Å². The van der Waals surface area contributed by atoms with E-state index in [0.717, 1.165) is 25.9 Å². The lowest BCUT2D eigenvalue weighted by atomic mass is 9.81. The smallest absolute Gasteiger partial charge is 0.410 e. The second-order valence-electron chi connectivity index (χ2n) is 16.5. The van der Waals surface area contributed by atoms with Gasteiger partial charge in [-0.2, -0.15) is 0 Å². The molecule has 0 aromatic carbocycles. The molecule has 3 aliphatic heterocycles. The van der Waals surface area contributed by atoms with Gasteiger partial charge in [-0.15, -0.1) is 0 Å². The van der Waals surface area contributed by atoms with E-state index in [1.54, 1.807) is 30.1 Å². The predicted molar refractivity (Wildman–Crippen MR) is 207 cm³/mol. The van der Waals surface area contributed by atoms with Crippen molar-refractivity contribution < 1.29 is 44.2 Å². The zero-order valence-electron chi connectivity index (χ0n) is 33.9. The number of rotatable bonds is 13. The maximum atomic E-state index is 13.7. The Labute approximate surface area is 319 Å². The standard InChI is InChI=1S/C42H72N2O9/c1-9-35(46)31(5)32(6)36(47)28-41(7,50)21-14-15-29(3)39-30(4)16-17-37(42(8,51-10-2)22-18-34(45)27-38(48)53-39)52-40(49)44-25-19-33(20-26-44)43-23-12-11-13-24-43/h14-17,21,30-37,39,45-47,50H,9-13,18-20,22-28H2,1-8H3/b17-16+,21-14+,29-15+. The summed E-state index contributed by atoms with van der Waals surface area (Å²) in [6.45, 7) is 18.8. The zero-order valence-corrected chi connectivity index (χ0v) is 33.9. The lowest BCUT2D eigenvalue weighted by Crippen LogP contribution is -2.51. The molecule has 3 heterocycles. The van der Waals surface area contributed by atoms with Crippen molar-refractivity contribution in [1.82, 2.24) is 9.80 Å². The number of nitrogens with zero attached hydrogens (tertiary/aromatic N) is 2. The molecule has 0 spiro atoms. The number of hydrogen-bond acceptors (Lipinski definition) is 10. The molecule has 0 aromatic rings. The van der Waals surface area contributed by atoms with Crippen LogP contribution in [0.1, 0.15) is 120 Å². The highest BCUT2D eigenvalue weighted by molar-refractivity contribution is 5.70. The van der Waals surface area contributed by atoms with Crippen molar-refractivity contribution in [2.24, 2.45) is 17.8 Å². The third kappa shape index (κ3) is 13.8. The second-order valence-corrected chi connectivity index (χ2v) is 16.5. The van der Waals surface area contributed by atoms with E-state index in [1.807, 2.05) is 60.6 Å². The number of aliphatic hydroxyl groups excluding tert-OH is 3. The van der Waals surface area contributed by atoms with Crippen LogP contribution in [0.2, 0.25) is 0 Å². The molecule has 3 rings (SSSR count). The number of ether oxygens (including phenoxy) is 3. The van der Waals surface area contributed by atoms with E-state index in [4.69, 9.17) is 14.2 Å². The molecular formula is C42H72N2O9. The highest BCUT2D eigenvalue weighted by Gasteiger charge is 2.40. The number of hydrogen-bond donors (Lipinski definition) is 4. The summed E-state index contributed by atoms with van der Waals surface area (Å²) in [7, 11) is 0. The van der Waals surface area contributed by atoms with Gasteiger partial charge >= 0.3 is 12.1 Å². The van der Waals surface area contributed by atoms with Crippen molar-refractivity contribution in [1.29, 1.82) is 0 Å². The summed E-state index contributed by atoms with van der Waals surface area (Å²) in [5, 5.41) is 43.1. The maximum Gasteiger partial charge on any atom is 0.410 e. The van der Waals surface area contributed by atoms with Gasteiger partial charge < -0.3 is 44.4 Å². The Morgan fingerprint density at radius 2 is 1.70 bits per heavy atom. The van der Waals surface area contributed by atoms with Crippen molar-refractivity contribution in [3.8, 4) is 0 Å². The van der Waals surface area contributed by atoms with Crippen molar-refractivity contribution in [3.63, 3.8) is 0 Å². The molecule has 0 aromatic heterocycles. The predicted octanol–water partition coefficient (Wildman–Crippen LogP) is 5.93. The second kappa shape index (κ2) is 21.1. The molecule has 304 valence electrons. The number of esters is 1. The van der Waals surface area contributed by atoms with Crippen LogP contribution in [0.5, 0.6) is 0 Å². The average molecular weight is 749 g/mol. The molecule has 0 bridgehead atoms. The molecule has 0 radical (unpaired) electrons. The van der Waals surface area contributed by atoms with E-state index < -0.39 is 47.7 Å². The molecule has 10 atom stereocenters. The first-order valence-electron chi connectivity index (χ1n) is 20.3. The van der Waals surface area contributed by atoms with Crippen molar-refractivity contribution >= 4 is 12.1 Å². The molecule has 4 N–H and O–H groups in total. The Morgan fingerprint density at radius 3 is 2.32 bits per heavy atom. The van der Waals surface area contributed by atoms with Crippen molar-refractivity contribution in [3.05, 3.63) is 36.0 Å². The molecule has 11 nitrogen and oxygen atoms in total. The molecule has 3 aliphatic rings. The largest absolute Gasteiger partial charge is 0.457 e. The third-order valence-electron chi connectivity index (χ3n) is 12.0. The summed E-state index contributed by atoms with van der Waals surface area (Å²) in [5.41, 5.74) is -1.57. The number of cyclic esters (lactones) is 1. The molecule has 2 saturated heterocycles. The summed E-state index contributed by atoms with van der Waals surface area (Å²) in [5.74, 6) is -1.22. The molecule has 0 aliphatic carbocycles. The van der Waals surface area contributed by atoms with Crippen molar-refractivity contribution in [2.45, 2.75) is 167 Å². The van der Waals surface area contributed by atoms with E-state index in [2.05, 4.69) is 4.90 Å². The summed E-state index contributed by atoms with van der Waals surface area (Å²) in [6, 6.07) is 0.498. The minimum absolute atomic E-state index is 0.0862. The maximum absolute atomic E-state index is 13.7. The molecule has 10 unspecified atom stereocenters. The molecule has 11 heteroatoms. The third-order valence-corrected chi connectivity index (χ3v) is 12.0. The van der Waals surface area contributed by atoms with Crippen LogP contribution in [-0.4, -0.2) is 123 Å². The van der Waals surface area contributed by atoms with Crippen LogP contribution in [-0.2, 0) is 19.0 Å². The SMILES string of the molecule is CCOC1(C)CCC(O)CC(=O)OC(/C(C)=C/C=C/C(C)(O)CC(O)C(C)C(C)C(O)CC)C(C)/C=C/C1OC(=O)N1CCC(N2CCCCC2)CC1. The summed E-state index contributed by atoms with van der Waals surface area (Å²) in [6.07, 6.45) is 11.4. The fourth-order valence-corrected chi connectivity index (χ4v) is 8.06. The van der Waals surface area contributed by atoms with Crippen LogP contribution in [0.15, 0.2) is 36.0 Å². The quantitative estimate of drug-likeness (QED) is 0.101. The van der Waals surface area contributed by atoms with Crippen LogP contribution in [0.4, 0.5) is 4.79 Å². The van der Waals surface area contributed by atoms with Gasteiger partial charge in [0.15, 0.2) is 6.10 Å². The van der Waals surface area contributed by atoms with E-state index in [9.17, 15) is 30.0 Å². The first-order chi connectivity index (χ1) is 25.0. The fraction of sp³-hybridized carbons (Fsp3) is 0.810. The topological polar surface area (TPSA) is 149 Å². The van der Waals surface area contributed by atoms with Crippen LogP contribution in [0, 0.1) is 17.8 Å². The van der Waals surface area contributed by atoms with Gasteiger partial charge in [0.05, 0.1) is 30.3 Å². The Kier molecular flexibility index (Phi) is 18.0. The highest BCUT2D eigenvalue weighted by Crippen LogP contribution is 2.32. The summed E-state index contributed by atoms with van der Waals surface area (Å²) < 4.78 is 18.5. The van der Waals surface area contributed by atoms with Crippen LogP contribution < -0.4 is 0 Å². The Bertz CT molecular complexity index is 1220. The van der Waals surface area contributed by atoms with Crippen LogP contribution >= 0.6 is 0 Å². The number of aliphatic hydroxyl groups is 4. The number of amides is 1. The monoisotopic (exact) mass is 749 g/mol. The van der Waals surface area contributed by atoms with Gasteiger partial charge in [-0.1, -0.05) is 58.4 Å². The number of carbonyl (C=O) groups excluding carboxylic acids is 2. The fourth-order valence-electron chi connectivity index (χ4n) is 8.06. The molecular weight excluding hydrogens is 676 g/mol. The van der Waals surface area contributed by atoms with Gasteiger partial charge in [-0.05, 0) is 109 Å². The molecule has 2 fully saturated rings. The average Bonchev–Trinajstić information content (AvgIpc) is 3.13. The van der Waals surface area contributed by atoms with Gasteiger partial charge in [0, 0.05) is 38.1 Å². The normalized spacial score (nSPS) is 31.7. The number of carbonyl (C=O) groups is 2. The highest BCUT2D eigenvalue weighted by atomic mass is 16.6. The Hall–Kier alpha value is -2.28. The zero-order chi connectivity index (χ0) is 39.3. The number of piperidine rings is 2. The number of allylic oxidation sites excluding steroid dienone is 2. The van der Waals surface area contributed by atoms with E-state index >= 15 is 0 Å². The minimum Gasteiger partial charge on any atom is -0.457 e. The van der Waals surface area contributed by atoms with Gasteiger partial charge in [0.2, 0.25) is 0 Å². The Morgan fingerprint density at radius 1 is 1.06 bits per heavy atom. The van der Waals surface area contributed by atoms with Crippen LogP contribution in [0.25, 0.3) is 0 Å². The summed E-state index contributed by atoms with van der Waals surface area (Å²) in [4.78, 5) is 31.1. The molecule has 1 amide bonds. The minimum atomic E-state index is -1.33. The first-order valence-corrected chi connectivity index (χ1v) is 20.3. The Balaban J connectivity index is 1.79. The van der Waals surface area contributed by atoms with Gasteiger partial charge in [0.1, 0.15) is 11.7 Å². The van der Waals surface area contributed by atoms with E-state index in [0.29, 0.717) is 44.2 Å². The molecule has 53 heavy (non-hydrogen) atoms. The lowest BCUT2D eigenvalue weighted by molar-refractivity contribution is -0.152. The lowest BCUT2D eigenvalue weighted by Gasteiger charge is -2.41. The van der Waals surface area contributed by atoms with E-state index in [-0.39, 0.29) is 43.1 Å². The van der Waals surface area contributed by atoms with Gasteiger partial charge in [-0.3, -0.25) is 4.79 Å². The summed E-state index contributed by atoms with van der Waals surface area (Å²) >= 11 is 0. The van der Waals surface area contributed by atoms with Gasteiger partial charge in [0.25, 0.3) is 0 Å². The molecule has 0 saturated carbocycles. The van der Waals surface area contributed by atoms with Gasteiger partial charge in [-0.25, -0.2) is 4.79 Å². The first kappa shape index (κ1) is 45.1.